The quantitative estimate of drug-likeness (QED) is 0.135. The molecular weight excluding hydrogens is 635 g/mol. The van der Waals surface area contributed by atoms with Gasteiger partial charge in [-0.1, -0.05) is 42.7 Å². The molecule has 2 aromatic carbocycles. The Labute approximate surface area is 282 Å². The summed E-state index contributed by atoms with van der Waals surface area (Å²) in [5.74, 6) is -0.329. The van der Waals surface area contributed by atoms with Gasteiger partial charge in [-0.3, -0.25) is 14.4 Å². The topological polar surface area (TPSA) is 148 Å². The predicted molar refractivity (Wildman–Crippen MR) is 187 cm³/mol. The van der Waals surface area contributed by atoms with Gasteiger partial charge in [0.2, 0.25) is 16.9 Å². The average molecular weight is 677 g/mol. The molecule has 0 spiro atoms. The van der Waals surface area contributed by atoms with Crippen molar-refractivity contribution in [2.45, 2.75) is 57.9 Å². The molecule has 0 aliphatic carbocycles. The lowest BCUT2D eigenvalue weighted by atomic mass is 10.1. The van der Waals surface area contributed by atoms with E-state index in [1.807, 2.05) is 35.6 Å². The van der Waals surface area contributed by atoms with Gasteiger partial charge in [0, 0.05) is 45.2 Å². The summed E-state index contributed by atoms with van der Waals surface area (Å²) < 4.78 is 23.8. The third-order valence-corrected chi connectivity index (χ3v) is 9.78. The fraction of sp³-hybridized carbons (Fsp3) is 0.441. The molecule has 48 heavy (non-hydrogen) atoms. The number of rotatable bonds is 12. The standard InChI is InChI=1S/C34H41FN8O4S/c1-21-20-47-32-29-22(18-24(35)30(32)42-16-14-41(2)15-17-42)31(46)23(19-43(21)29)33-39-40-34(48-33)38-28(45)13-7-5-3-4-6-12-27(44)37-26-11-9-8-10-25(26)36/h8-11,18-19,21H,3-7,12-17,20,36H2,1-2H3,(H,37,44)(H,38,40,45)/t21-/m0/s1. The molecule has 0 radical (unpaired) electrons. The number of halogens is 1. The highest BCUT2D eigenvalue weighted by Crippen LogP contribution is 2.43. The van der Waals surface area contributed by atoms with Gasteiger partial charge in [-0.15, -0.1) is 10.2 Å². The molecule has 4 aromatic rings. The Bertz CT molecular complexity index is 1870. The van der Waals surface area contributed by atoms with Gasteiger partial charge in [0.05, 0.1) is 33.9 Å². The van der Waals surface area contributed by atoms with E-state index in [1.54, 1.807) is 18.3 Å². The van der Waals surface area contributed by atoms with E-state index in [1.165, 1.54) is 6.07 Å². The summed E-state index contributed by atoms with van der Waals surface area (Å²) in [6, 6.07) is 8.39. The van der Waals surface area contributed by atoms with Gasteiger partial charge in [0.25, 0.3) is 0 Å². The first kappa shape index (κ1) is 33.3. The number of anilines is 4. The average Bonchev–Trinajstić information content (AvgIpc) is 3.52. The third-order valence-electron chi connectivity index (χ3n) is 8.91. The number of nitrogen functional groups attached to an aromatic ring is 1. The maximum absolute atomic E-state index is 15.7. The van der Waals surface area contributed by atoms with Crippen molar-refractivity contribution in [3.63, 3.8) is 0 Å². The molecule has 0 bridgehead atoms. The Balaban J connectivity index is 1.04. The predicted octanol–water partition coefficient (Wildman–Crippen LogP) is 5.25. The van der Waals surface area contributed by atoms with E-state index in [0.29, 0.717) is 83.0 Å². The summed E-state index contributed by atoms with van der Waals surface area (Å²) in [4.78, 5) is 42.7. The number of carbonyl (C=O) groups is 2. The minimum atomic E-state index is -0.484. The van der Waals surface area contributed by atoms with Crippen molar-refractivity contribution in [1.82, 2.24) is 19.7 Å². The van der Waals surface area contributed by atoms with Gasteiger partial charge in [-0.2, -0.15) is 0 Å². The van der Waals surface area contributed by atoms with Gasteiger partial charge in [0.1, 0.15) is 12.3 Å². The molecule has 1 fully saturated rings. The normalized spacial score (nSPS) is 16.1. The monoisotopic (exact) mass is 676 g/mol. The zero-order chi connectivity index (χ0) is 33.8. The maximum Gasteiger partial charge on any atom is 0.226 e. The van der Waals surface area contributed by atoms with Crippen LogP contribution in [0.5, 0.6) is 5.75 Å². The van der Waals surface area contributed by atoms with Gasteiger partial charge in [-0.05, 0) is 45.0 Å². The van der Waals surface area contributed by atoms with Crippen molar-refractivity contribution >= 4 is 56.2 Å². The number of pyridine rings is 1. The number of likely N-dealkylation sites (N-methyl/N-ethyl adjacent to an activating group) is 1. The number of aromatic nitrogens is 3. The van der Waals surface area contributed by atoms with Crippen molar-refractivity contribution < 1.29 is 18.7 Å². The van der Waals surface area contributed by atoms with E-state index in [-0.39, 0.29) is 28.7 Å². The molecule has 6 rings (SSSR count). The van der Waals surface area contributed by atoms with E-state index in [4.69, 9.17) is 10.5 Å². The summed E-state index contributed by atoms with van der Waals surface area (Å²) in [6.07, 6.45) is 6.59. The lowest BCUT2D eigenvalue weighted by molar-refractivity contribution is -0.117. The molecule has 0 unspecified atom stereocenters. The summed E-state index contributed by atoms with van der Waals surface area (Å²) >= 11 is 1.11. The highest BCUT2D eigenvalue weighted by molar-refractivity contribution is 7.18. The molecule has 254 valence electrons. The Morgan fingerprint density at radius 1 is 1.02 bits per heavy atom. The number of carbonyl (C=O) groups excluding carboxylic acids is 2. The second-order valence-corrected chi connectivity index (χ2v) is 13.5. The highest BCUT2D eigenvalue weighted by Gasteiger charge is 2.31. The number of nitrogens with two attached hydrogens (primary N) is 1. The maximum atomic E-state index is 15.7. The fourth-order valence-corrected chi connectivity index (χ4v) is 6.94. The smallest absolute Gasteiger partial charge is 0.226 e. The number of ether oxygens (including phenoxy) is 1. The second kappa shape index (κ2) is 14.7. The molecule has 1 atom stereocenters. The second-order valence-electron chi connectivity index (χ2n) is 12.5. The van der Waals surface area contributed by atoms with Crippen molar-refractivity contribution in [2.75, 3.05) is 61.1 Å². The highest BCUT2D eigenvalue weighted by atomic mass is 32.1. The SMILES string of the molecule is C[C@H]1COc2c(N3CCN(C)CC3)c(F)cc3c(=O)c(-c4nnc(NC(=O)CCCCCCCC(=O)Nc5ccccc5N)s4)cn1c23. The molecule has 0 saturated carbocycles. The number of nitrogens with zero attached hydrogens (tertiary/aromatic N) is 5. The van der Waals surface area contributed by atoms with E-state index < -0.39 is 5.82 Å². The molecular formula is C34H41FN8O4S. The molecule has 4 heterocycles. The van der Waals surface area contributed by atoms with Crippen LogP contribution in [0.1, 0.15) is 57.9 Å². The van der Waals surface area contributed by atoms with Crippen molar-refractivity contribution in [3.05, 3.63) is 52.6 Å². The number of hydrogen-bond donors (Lipinski definition) is 3. The van der Waals surface area contributed by atoms with E-state index in [2.05, 4.69) is 25.7 Å². The first-order valence-electron chi connectivity index (χ1n) is 16.5. The fourth-order valence-electron chi connectivity index (χ4n) is 6.18. The van der Waals surface area contributed by atoms with E-state index in [0.717, 1.165) is 50.1 Å². The summed E-state index contributed by atoms with van der Waals surface area (Å²) in [7, 11) is 2.04. The third kappa shape index (κ3) is 7.29. The largest absolute Gasteiger partial charge is 0.487 e. The van der Waals surface area contributed by atoms with Crippen LogP contribution in [-0.2, 0) is 9.59 Å². The minimum absolute atomic E-state index is 0.0645. The number of benzene rings is 2. The molecule has 2 aliphatic rings. The minimum Gasteiger partial charge on any atom is -0.487 e. The van der Waals surface area contributed by atoms with Crippen LogP contribution in [0.3, 0.4) is 0 Å². The van der Waals surface area contributed by atoms with Crippen LogP contribution in [0.4, 0.5) is 26.6 Å². The number of amides is 2. The summed E-state index contributed by atoms with van der Waals surface area (Å²) in [5, 5.41) is 14.8. The zero-order valence-electron chi connectivity index (χ0n) is 27.3. The molecule has 4 N–H and O–H groups in total. The van der Waals surface area contributed by atoms with Crippen LogP contribution < -0.4 is 31.4 Å². The molecule has 2 aliphatic heterocycles. The number of para-hydroxylation sites is 2. The summed E-state index contributed by atoms with van der Waals surface area (Å²) in [6.45, 7) is 5.27. The van der Waals surface area contributed by atoms with Crippen molar-refractivity contribution in [3.8, 4) is 16.3 Å². The Morgan fingerprint density at radius 3 is 2.44 bits per heavy atom. The lowest BCUT2D eigenvalue weighted by Crippen LogP contribution is -2.45. The van der Waals surface area contributed by atoms with Crippen LogP contribution in [0.25, 0.3) is 21.5 Å². The van der Waals surface area contributed by atoms with Crippen molar-refractivity contribution in [1.29, 1.82) is 0 Å². The van der Waals surface area contributed by atoms with Gasteiger partial charge in [0.15, 0.2) is 22.0 Å². The van der Waals surface area contributed by atoms with E-state index >= 15 is 4.39 Å². The lowest BCUT2D eigenvalue weighted by Gasteiger charge is -2.37. The molecule has 14 heteroatoms. The molecule has 2 amide bonds. The Morgan fingerprint density at radius 2 is 1.71 bits per heavy atom. The molecule has 12 nitrogen and oxygen atoms in total. The van der Waals surface area contributed by atoms with Crippen LogP contribution in [-0.4, -0.2) is 71.3 Å². The first-order chi connectivity index (χ1) is 23.2. The van der Waals surface area contributed by atoms with Crippen LogP contribution >= 0.6 is 11.3 Å². The summed E-state index contributed by atoms with van der Waals surface area (Å²) in [5.41, 5.74) is 7.96. The number of piperazine rings is 1. The number of hydrogen-bond acceptors (Lipinski definition) is 10. The van der Waals surface area contributed by atoms with Crippen LogP contribution in [0.2, 0.25) is 0 Å². The first-order valence-corrected chi connectivity index (χ1v) is 17.3. The van der Waals surface area contributed by atoms with Crippen molar-refractivity contribution in [2.24, 2.45) is 0 Å². The van der Waals surface area contributed by atoms with Gasteiger partial charge < -0.3 is 35.5 Å². The Kier molecular flexibility index (Phi) is 10.2. The van der Waals surface area contributed by atoms with E-state index in [9.17, 15) is 14.4 Å². The number of nitrogens with one attached hydrogen (secondary N) is 2. The van der Waals surface area contributed by atoms with Crippen LogP contribution in [0.15, 0.2) is 41.3 Å². The molecule has 1 saturated heterocycles. The Hall–Kier alpha value is -4.56. The number of unbranched alkanes of at least 4 members (excludes halogenated alkanes) is 4. The zero-order valence-corrected chi connectivity index (χ0v) is 28.1. The van der Waals surface area contributed by atoms with Gasteiger partial charge >= 0.3 is 0 Å². The van der Waals surface area contributed by atoms with Gasteiger partial charge in [-0.25, -0.2) is 4.39 Å². The molecule has 2 aromatic heterocycles. The van der Waals surface area contributed by atoms with Crippen LogP contribution in [0, 0.1) is 5.82 Å².